The van der Waals surface area contributed by atoms with E-state index in [9.17, 15) is 14.7 Å². The van der Waals surface area contributed by atoms with Gasteiger partial charge in [-0.3, -0.25) is 9.59 Å². The number of nitrogens with one attached hydrogen (secondary N) is 2. The van der Waals surface area contributed by atoms with Crippen LogP contribution in [-0.4, -0.2) is 55.1 Å². The molecule has 36 heavy (non-hydrogen) atoms. The predicted octanol–water partition coefficient (Wildman–Crippen LogP) is 3.31. The Labute approximate surface area is 211 Å². The molecule has 0 aromatic heterocycles. The van der Waals surface area contributed by atoms with Gasteiger partial charge in [0.05, 0.1) is 25.2 Å². The largest absolute Gasteiger partial charge is 0.487 e. The number of amides is 2. The molecule has 0 unspecified atom stereocenters. The van der Waals surface area contributed by atoms with Crippen LogP contribution in [0.2, 0.25) is 0 Å². The van der Waals surface area contributed by atoms with E-state index in [4.69, 9.17) is 14.2 Å². The van der Waals surface area contributed by atoms with Crippen LogP contribution in [0.15, 0.2) is 48.5 Å². The zero-order chi connectivity index (χ0) is 25.1. The van der Waals surface area contributed by atoms with Crippen molar-refractivity contribution in [2.75, 3.05) is 25.1 Å². The third kappa shape index (κ3) is 5.40. The molecule has 8 heteroatoms. The lowest BCUT2D eigenvalue weighted by molar-refractivity contribution is -0.142. The minimum Gasteiger partial charge on any atom is -0.487 e. The quantitative estimate of drug-likeness (QED) is 0.545. The second-order valence-corrected chi connectivity index (χ2v) is 9.94. The first-order chi connectivity index (χ1) is 17.5. The highest BCUT2D eigenvalue weighted by Gasteiger charge is 2.46. The van der Waals surface area contributed by atoms with Crippen molar-refractivity contribution in [3.63, 3.8) is 0 Å². The molecular formula is C28H34N2O6. The smallest absolute Gasteiger partial charge is 0.227 e. The van der Waals surface area contributed by atoms with E-state index in [1.807, 2.05) is 55.5 Å². The van der Waals surface area contributed by atoms with E-state index in [2.05, 4.69) is 10.6 Å². The fourth-order valence-corrected chi connectivity index (χ4v) is 5.50. The number of aliphatic hydroxyl groups is 1. The summed E-state index contributed by atoms with van der Waals surface area (Å²) in [6.45, 7) is 2.99. The van der Waals surface area contributed by atoms with Gasteiger partial charge in [-0.2, -0.15) is 0 Å². The Hall–Kier alpha value is -2.94. The second kappa shape index (κ2) is 11.0. The van der Waals surface area contributed by atoms with Crippen molar-refractivity contribution < 1.29 is 28.9 Å². The van der Waals surface area contributed by atoms with Crippen LogP contribution in [0.1, 0.15) is 55.7 Å². The van der Waals surface area contributed by atoms with E-state index < -0.39 is 6.10 Å². The molecule has 192 valence electrons. The molecule has 3 aliphatic rings. The highest BCUT2D eigenvalue weighted by atomic mass is 16.6. The third-order valence-electron chi connectivity index (χ3n) is 7.45. The number of ether oxygens (including phenoxy) is 3. The molecular weight excluding hydrogens is 460 g/mol. The molecule has 3 aliphatic heterocycles. The van der Waals surface area contributed by atoms with Crippen molar-refractivity contribution in [1.29, 1.82) is 0 Å². The van der Waals surface area contributed by atoms with Gasteiger partial charge >= 0.3 is 0 Å². The van der Waals surface area contributed by atoms with Crippen LogP contribution in [0.25, 0.3) is 0 Å². The van der Waals surface area contributed by atoms with Gasteiger partial charge in [-0.15, -0.1) is 0 Å². The number of hydrogen-bond acceptors (Lipinski definition) is 6. The van der Waals surface area contributed by atoms with Crippen molar-refractivity contribution in [2.24, 2.45) is 5.92 Å². The van der Waals surface area contributed by atoms with E-state index in [0.29, 0.717) is 19.6 Å². The monoisotopic (exact) mass is 494 g/mol. The molecule has 2 aromatic carbocycles. The Morgan fingerprint density at radius 2 is 1.89 bits per heavy atom. The van der Waals surface area contributed by atoms with E-state index in [1.165, 1.54) is 0 Å². The van der Waals surface area contributed by atoms with Crippen molar-refractivity contribution in [1.82, 2.24) is 5.32 Å². The number of rotatable bonds is 7. The van der Waals surface area contributed by atoms with Gasteiger partial charge in [-0.25, -0.2) is 0 Å². The van der Waals surface area contributed by atoms with Gasteiger partial charge in [-0.05, 0) is 49.9 Å². The molecule has 8 nitrogen and oxygen atoms in total. The molecule has 2 aromatic rings. The average Bonchev–Trinajstić information content (AvgIpc) is 3.27. The molecule has 0 spiro atoms. The lowest BCUT2D eigenvalue weighted by Crippen LogP contribution is -2.47. The summed E-state index contributed by atoms with van der Waals surface area (Å²) in [7, 11) is 0. The summed E-state index contributed by atoms with van der Waals surface area (Å²) in [6, 6.07) is 15.4. The molecule has 2 fully saturated rings. The Kier molecular flexibility index (Phi) is 7.55. The summed E-state index contributed by atoms with van der Waals surface area (Å²) >= 11 is 0. The number of fused-ring (bicyclic) bond motifs is 3. The number of carbonyl (C=O) groups excluding carboxylic acids is 2. The summed E-state index contributed by atoms with van der Waals surface area (Å²) in [6.07, 6.45) is 1.06. The Balaban J connectivity index is 1.25. The number of aliphatic hydroxyl groups excluding tert-OH is 1. The number of benzene rings is 2. The number of hydrogen-bond donors (Lipinski definition) is 3. The fourth-order valence-electron chi connectivity index (χ4n) is 5.50. The van der Waals surface area contributed by atoms with Crippen LogP contribution in [0, 0.1) is 5.92 Å². The Morgan fingerprint density at radius 1 is 1.11 bits per heavy atom. The summed E-state index contributed by atoms with van der Waals surface area (Å²) < 4.78 is 17.6. The molecule has 0 aliphatic carbocycles. The van der Waals surface area contributed by atoms with Crippen LogP contribution in [-0.2, 0) is 19.1 Å². The minimum absolute atomic E-state index is 0.0102. The van der Waals surface area contributed by atoms with Gasteiger partial charge in [0.1, 0.15) is 18.0 Å². The van der Waals surface area contributed by atoms with Gasteiger partial charge in [0, 0.05) is 36.3 Å². The standard InChI is InChI=1S/C28H34N2O6/c1-17(18-5-3-2-4-6-18)29-26(32)15-21-14-23-22-13-20(30-28(33)19-9-11-34-12-10-19)7-8-24(22)36-27(23)25(16-31)35-21/h2-8,13,17,19,21,23,25,27,31H,9-12,14-16H2,1H3,(H,29,32)(H,30,33)/t17-,21-,23-,25-,27+/m1/s1. The maximum absolute atomic E-state index is 12.8. The molecule has 3 heterocycles. The molecule has 5 atom stereocenters. The van der Waals surface area contributed by atoms with Crippen molar-refractivity contribution in [3.05, 3.63) is 59.7 Å². The first-order valence-corrected chi connectivity index (χ1v) is 12.8. The van der Waals surface area contributed by atoms with Crippen LogP contribution in [0.4, 0.5) is 5.69 Å². The van der Waals surface area contributed by atoms with Crippen molar-refractivity contribution >= 4 is 17.5 Å². The number of carbonyl (C=O) groups is 2. The molecule has 0 radical (unpaired) electrons. The topological polar surface area (TPSA) is 106 Å². The van der Waals surface area contributed by atoms with Crippen molar-refractivity contribution in [2.45, 2.75) is 62.9 Å². The average molecular weight is 495 g/mol. The fraction of sp³-hybridized carbons (Fsp3) is 0.500. The SMILES string of the molecule is C[C@@H](NC(=O)C[C@H]1C[C@@H]2c3cc(NC(=O)C4CCOCC4)ccc3O[C@@H]2[C@@H](CO)O1)c1ccccc1. The van der Waals surface area contributed by atoms with Gasteiger partial charge in [-0.1, -0.05) is 30.3 Å². The summed E-state index contributed by atoms with van der Waals surface area (Å²) in [4.78, 5) is 25.5. The second-order valence-electron chi connectivity index (χ2n) is 9.94. The van der Waals surface area contributed by atoms with Crippen LogP contribution in [0.5, 0.6) is 5.75 Å². The summed E-state index contributed by atoms with van der Waals surface area (Å²) in [5, 5.41) is 16.1. The maximum Gasteiger partial charge on any atom is 0.227 e. The first-order valence-electron chi connectivity index (χ1n) is 12.8. The normalized spacial score (nSPS) is 26.3. The van der Waals surface area contributed by atoms with Gasteiger partial charge in [0.15, 0.2) is 0 Å². The molecule has 2 saturated heterocycles. The Morgan fingerprint density at radius 3 is 2.64 bits per heavy atom. The van der Waals surface area contributed by atoms with Gasteiger partial charge in [0.2, 0.25) is 11.8 Å². The van der Waals surface area contributed by atoms with Crippen LogP contribution < -0.4 is 15.4 Å². The summed E-state index contributed by atoms with van der Waals surface area (Å²) in [5.41, 5.74) is 2.75. The van der Waals surface area contributed by atoms with Crippen LogP contribution >= 0.6 is 0 Å². The van der Waals surface area contributed by atoms with Gasteiger partial charge < -0.3 is 30.0 Å². The maximum atomic E-state index is 12.8. The molecule has 5 rings (SSSR count). The molecule has 3 N–H and O–H groups in total. The molecule has 0 bridgehead atoms. The highest BCUT2D eigenvalue weighted by Crippen LogP contribution is 2.47. The van der Waals surface area contributed by atoms with E-state index in [0.717, 1.165) is 35.4 Å². The molecule has 2 amide bonds. The first kappa shape index (κ1) is 24.7. The lowest BCUT2D eigenvalue weighted by Gasteiger charge is -2.37. The van der Waals surface area contributed by atoms with Crippen molar-refractivity contribution in [3.8, 4) is 5.75 Å². The summed E-state index contributed by atoms with van der Waals surface area (Å²) in [5.74, 6) is 0.576. The molecule has 0 saturated carbocycles. The van der Waals surface area contributed by atoms with Crippen LogP contribution in [0.3, 0.4) is 0 Å². The van der Waals surface area contributed by atoms with E-state index in [1.54, 1.807) is 0 Å². The zero-order valence-electron chi connectivity index (χ0n) is 20.5. The predicted molar refractivity (Wildman–Crippen MR) is 134 cm³/mol. The van der Waals surface area contributed by atoms with E-state index >= 15 is 0 Å². The Bertz CT molecular complexity index is 1070. The van der Waals surface area contributed by atoms with Gasteiger partial charge in [0.25, 0.3) is 0 Å². The van der Waals surface area contributed by atoms with E-state index in [-0.39, 0.29) is 54.9 Å². The minimum atomic E-state index is -0.527. The highest BCUT2D eigenvalue weighted by molar-refractivity contribution is 5.92. The zero-order valence-corrected chi connectivity index (χ0v) is 20.5. The third-order valence-corrected chi connectivity index (χ3v) is 7.45. The number of anilines is 1. The lowest BCUT2D eigenvalue weighted by atomic mass is 9.84.